The van der Waals surface area contributed by atoms with Crippen molar-refractivity contribution >= 4 is 65.2 Å². The van der Waals surface area contributed by atoms with Gasteiger partial charge in [0.25, 0.3) is 0 Å². The molecule has 7 aromatic carbocycles. The predicted octanol–water partition coefficient (Wildman–Crippen LogP) is 13.5. The number of pyridine rings is 4. The number of aryl methyl sites for hydroxylation is 2. The van der Waals surface area contributed by atoms with Crippen molar-refractivity contribution in [3.63, 3.8) is 0 Å². The van der Waals surface area contributed by atoms with Crippen molar-refractivity contribution in [3.8, 4) is 45.0 Å². The van der Waals surface area contributed by atoms with Gasteiger partial charge in [-0.3, -0.25) is 0 Å². The minimum Gasteiger partial charge on any atom is -0.245 e. The van der Waals surface area contributed by atoms with Crippen LogP contribution in [0.1, 0.15) is 11.1 Å². The average Bonchev–Trinajstić information content (AvgIpc) is 3.26. The normalized spacial score (nSPS) is 11.8. The number of benzene rings is 7. The molecule has 0 N–H and O–H groups in total. The van der Waals surface area contributed by atoms with Gasteiger partial charge >= 0.3 is 0 Å². The molecule has 4 heterocycles. The third-order valence-corrected chi connectivity index (χ3v) is 11.3. The van der Waals surface area contributed by atoms with Crippen LogP contribution in [0.25, 0.3) is 110 Å². The van der Waals surface area contributed by atoms with Crippen molar-refractivity contribution in [1.82, 2.24) is 19.9 Å². The van der Waals surface area contributed by atoms with Crippen LogP contribution in [0, 0.1) is 13.8 Å². The van der Waals surface area contributed by atoms with Gasteiger partial charge in [-0.2, -0.15) is 0 Å². The molecule has 0 radical (unpaired) electrons. The summed E-state index contributed by atoms with van der Waals surface area (Å²) in [5.41, 5.74) is 14.1. The van der Waals surface area contributed by atoms with Crippen LogP contribution in [-0.2, 0) is 0 Å². The Hall–Kier alpha value is -7.30. The molecule has 0 saturated carbocycles. The van der Waals surface area contributed by atoms with Crippen LogP contribution in [0.3, 0.4) is 0 Å². The van der Waals surface area contributed by atoms with Crippen molar-refractivity contribution in [2.75, 3.05) is 0 Å². The van der Waals surface area contributed by atoms with Crippen molar-refractivity contribution in [1.29, 1.82) is 0 Å². The van der Waals surface area contributed by atoms with Gasteiger partial charge in [-0.25, -0.2) is 19.9 Å². The lowest BCUT2D eigenvalue weighted by Gasteiger charge is -2.12. The summed E-state index contributed by atoms with van der Waals surface area (Å²) in [6, 6.07) is 60.0. The quantitative estimate of drug-likeness (QED) is 0.170. The van der Waals surface area contributed by atoms with E-state index < -0.39 is 0 Å². The fourth-order valence-electron chi connectivity index (χ4n) is 8.34. The van der Waals surface area contributed by atoms with E-state index in [2.05, 4.69) is 184 Å². The Morgan fingerprint density at radius 3 is 1.04 bits per heavy atom. The molecule has 0 fully saturated rings. The lowest BCUT2D eigenvalue weighted by molar-refractivity contribution is 1.36. The summed E-state index contributed by atoms with van der Waals surface area (Å²) in [6.07, 6.45) is 0. The number of hydrogen-bond acceptors (Lipinski definition) is 4. The first-order valence-corrected chi connectivity index (χ1v) is 19.1. The fourth-order valence-corrected chi connectivity index (χ4v) is 8.34. The van der Waals surface area contributed by atoms with Crippen LogP contribution < -0.4 is 0 Å². The van der Waals surface area contributed by atoms with E-state index >= 15 is 0 Å². The van der Waals surface area contributed by atoms with E-state index in [0.29, 0.717) is 0 Å². The van der Waals surface area contributed by atoms with E-state index in [0.717, 1.165) is 88.6 Å². The van der Waals surface area contributed by atoms with Crippen molar-refractivity contribution < 1.29 is 0 Å². The molecule has 4 nitrogen and oxygen atoms in total. The Bertz CT molecular complexity index is 3180. The molecule has 0 aliphatic rings. The lowest BCUT2D eigenvalue weighted by Crippen LogP contribution is -1.93. The molecule has 11 rings (SSSR count). The fraction of sp³-hybridized carbons (Fsp3) is 0.0385. The smallest absolute Gasteiger partial charge is 0.0972 e. The lowest BCUT2D eigenvalue weighted by atomic mass is 9.97. The number of rotatable bonds is 4. The van der Waals surface area contributed by atoms with Crippen LogP contribution >= 0.6 is 0 Å². The highest BCUT2D eigenvalue weighted by Gasteiger charge is 2.14. The zero-order chi connectivity index (χ0) is 37.3. The maximum Gasteiger partial charge on any atom is 0.0972 e. The molecule has 0 bridgehead atoms. The first kappa shape index (κ1) is 32.2. The van der Waals surface area contributed by atoms with Gasteiger partial charge in [-0.1, -0.05) is 140 Å². The van der Waals surface area contributed by atoms with Crippen molar-refractivity contribution in [2.24, 2.45) is 0 Å². The summed E-state index contributed by atoms with van der Waals surface area (Å²) in [5, 5.41) is 9.15. The van der Waals surface area contributed by atoms with Gasteiger partial charge in [-0.05, 0) is 76.9 Å². The van der Waals surface area contributed by atoms with E-state index in [1.807, 2.05) is 0 Å². The van der Waals surface area contributed by atoms with Gasteiger partial charge in [0.1, 0.15) is 0 Å². The molecule has 11 aromatic rings. The van der Waals surface area contributed by atoms with Gasteiger partial charge in [0.2, 0.25) is 0 Å². The SMILES string of the molecule is Cc1ccc(-c2ccc3ccc4ccc(-c5cccc(-c6ccc7ccc8ccc(-c9ccc(C)c%10ccccc9%10)nc8c7n6)c5)nc4c3n2)c2ccccc12. The van der Waals surface area contributed by atoms with Crippen LogP contribution in [0.15, 0.2) is 170 Å². The molecular weight excluding hydrogens is 681 g/mol. The molecular formula is C52H34N4. The highest BCUT2D eigenvalue weighted by atomic mass is 14.8. The third kappa shape index (κ3) is 5.22. The van der Waals surface area contributed by atoms with E-state index in [1.165, 1.54) is 32.7 Å². The number of aromatic nitrogens is 4. The molecule has 56 heavy (non-hydrogen) atoms. The summed E-state index contributed by atoms with van der Waals surface area (Å²) in [4.78, 5) is 21.1. The summed E-state index contributed by atoms with van der Waals surface area (Å²) in [7, 11) is 0. The summed E-state index contributed by atoms with van der Waals surface area (Å²) in [6.45, 7) is 4.32. The van der Waals surface area contributed by atoms with Crippen LogP contribution in [0.5, 0.6) is 0 Å². The van der Waals surface area contributed by atoms with Crippen molar-refractivity contribution in [2.45, 2.75) is 13.8 Å². The average molecular weight is 715 g/mol. The molecule has 0 aliphatic heterocycles. The van der Waals surface area contributed by atoms with Gasteiger partial charge in [0, 0.05) is 43.8 Å². The Kier molecular flexibility index (Phi) is 7.26. The molecule has 0 unspecified atom stereocenters. The second-order valence-electron chi connectivity index (χ2n) is 14.7. The maximum atomic E-state index is 5.28. The van der Waals surface area contributed by atoms with E-state index in [9.17, 15) is 0 Å². The maximum absolute atomic E-state index is 5.28. The second-order valence-corrected chi connectivity index (χ2v) is 14.7. The zero-order valence-electron chi connectivity index (χ0n) is 31.0. The molecule has 0 aliphatic carbocycles. The Balaban J connectivity index is 1.01. The minimum atomic E-state index is 0.891. The van der Waals surface area contributed by atoms with Gasteiger partial charge < -0.3 is 0 Å². The van der Waals surface area contributed by atoms with Gasteiger partial charge in [0.05, 0.1) is 44.8 Å². The standard InChI is InChI=1S/C52H34N4/c1-31-14-24-43(41-12-5-3-10-39(31)41)47-28-22-35-18-16-33-20-26-45(53-49(33)51(35)55-47)37-8-7-9-38(30-37)46-27-21-34-17-19-36-23-29-48(56-52(36)50(34)54-46)44-25-15-32(2)40-11-4-6-13-42(40)44/h3-30H,1-2H3. The Morgan fingerprint density at radius 2 is 0.625 bits per heavy atom. The Labute approximate surface area is 323 Å². The first-order chi connectivity index (χ1) is 27.6. The van der Waals surface area contributed by atoms with Gasteiger partial charge in [0.15, 0.2) is 0 Å². The van der Waals surface area contributed by atoms with E-state index in [-0.39, 0.29) is 0 Å². The van der Waals surface area contributed by atoms with Gasteiger partial charge in [-0.15, -0.1) is 0 Å². The molecule has 0 amide bonds. The third-order valence-electron chi connectivity index (χ3n) is 11.3. The second kappa shape index (κ2) is 12.6. The van der Waals surface area contributed by atoms with Crippen LogP contribution in [-0.4, -0.2) is 19.9 Å². The molecule has 262 valence electrons. The largest absolute Gasteiger partial charge is 0.245 e. The summed E-state index contributed by atoms with van der Waals surface area (Å²) >= 11 is 0. The summed E-state index contributed by atoms with van der Waals surface area (Å²) in [5.74, 6) is 0. The highest BCUT2D eigenvalue weighted by molar-refractivity contribution is 6.07. The number of hydrogen-bond donors (Lipinski definition) is 0. The molecule has 0 saturated heterocycles. The molecule has 0 atom stereocenters. The summed E-state index contributed by atoms with van der Waals surface area (Å²) < 4.78 is 0. The first-order valence-electron chi connectivity index (χ1n) is 19.1. The molecule has 0 spiro atoms. The number of nitrogens with zero attached hydrogens (tertiary/aromatic N) is 4. The molecule has 4 heteroatoms. The van der Waals surface area contributed by atoms with Crippen LogP contribution in [0.4, 0.5) is 0 Å². The Morgan fingerprint density at radius 1 is 0.286 bits per heavy atom. The van der Waals surface area contributed by atoms with E-state index in [1.54, 1.807) is 0 Å². The predicted molar refractivity (Wildman–Crippen MR) is 234 cm³/mol. The highest BCUT2D eigenvalue weighted by Crippen LogP contribution is 2.36. The van der Waals surface area contributed by atoms with Crippen LogP contribution in [0.2, 0.25) is 0 Å². The topological polar surface area (TPSA) is 51.6 Å². The molecule has 4 aromatic heterocycles. The zero-order valence-corrected chi connectivity index (χ0v) is 31.0. The van der Waals surface area contributed by atoms with Crippen molar-refractivity contribution in [3.05, 3.63) is 181 Å². The van der Waals surface area contributed by atoms with E-state index in [4.69, 9.17) is 19.9 Å². The monoisotopic (exact) mass is 714 g/mol. The number of fused-ring (bicyclic) bond motifs is 8. The minimum absolute atomic E-state index is 0.891.